The van der Waals surface area contributed by atoms with Gasteiger partial charge in [-0.3, -0.25) is 4.79 Å². The summed E-state index contributed by atoms with van der Waals surface area (Å²) >= 11 is 0. The predicted molar refractivity (Wildman–Crippen MR) is 104 cm³/mol. The van der Waals surface area contributed by atoms with Crippen LogP contribution in [0.1, 0.15) is 28.5 Å². The minimum atomic E-state index is -0.234. The number of benzene rings is 2. The predicted octanol–water partition coefficient (Wildman–Crippen LogP) is 3.93. The molecule has 0 radical (unpaired) electrons. The summed E-state index contributed by atoms with van der Waals surface area (Å²) in [7, 11) is 1.95. The van der Waals surface area contributed by atoms with E-state index in [2.05, 4.69) is 34.3 Å². The average molecular weight is 346 g/mol. The molecule has 0 saturated heterocycles. The molecule has 26 heavy (non-hydrogen) atoms. The lowest BCUT2D eigenvalue weighted by molar-refractivity contribution is 0.102. The van der Waals surface area contributed by atoms with Gasteiger partial charge in [0.2, 0.25) is 0 Å². The lowest BCUT2D eigenvalue weighted by atomic mass is 10.1. The molecule has 0 fully saturated rings. The number of anilines is 2. The molecule has 0 spiro atoms. The van der Waals surface area contributed by atoms with E-state index in [4.69, 9.17) is 0 Å². The molecule has 0 atom stereocenters. The lowest BCUT2D eigenvalue weighted by Gasteiger charge is -2.18. The maximum Gasteiger partial charge on any atom is 0.274 e. The summed E-state index contributed by atoms with van der Waals surface area (Å²) in [6, 6.07) is 19.6. The monoisotopic (exact) mass is 346 g/mol. The van der Waals surface area contributed by atoms with Gasteiger partial charge in [-0.1, -0.05) is 55.5 Å². The fourth-order valence-corrected chi connectivity index (χ4v) is 2.76. The SMILES string of the molecule is CCc1ccccc1NC(=O)c1cc(N(C)Cc2ccccc2)ncn1. The van der Waals surface area contributed by atoms with Crippen LogP contribution < -0.4 is 10.2 Å². The van der Waals surface area contributed by atoms with E-state index in [0.717, 1.165) is 17.7 Å². The van der Waals surface area contributed by atoms with E-state index in [1.54, 1.807) is 6.07 Å². The van der Waals surface area contributed by atoms with E-state index in [0.29, 0.717) is 18.1 Å². The zero-order valence-corrected chi connectivity index (χ0v) is 15.0. The molecule has 0 aliphatic heterocycles. The fraction of sp³-hybridized carbons (Fsp3) is 0.190. The Morgan fingerprint density at radius 3 is 2.54 bits per heavy atom. The van der Waals surface area contributed by atoms with Crippen molar-refractivity contribution >= 4 is 17.4 Å². The highest BCUT2D eigenvalue weighted by molar-refractivity contribution is 6.03. The number of rotatable bonds is 6. The lowest BCUT2D eigenvalue weighted by Crippen LogP contribution is -2.20. The van der Waals surface area contributed by atoms with E-state index < -0.39 is 0 Å². The van der Waals surface area contributed by atoms with Crippen molar-refractivity contribution in [1.29, 1.82) is 0 Å². The molecule has 5 heteroatoms. The van der Waals surface area contributed by atoms with E-state index in [1.807, 2.05) is 54.4 Å². The van der Waals surface area contributed by atoms with Crippen molar-refractivity contribution in [2.45, 2.75) is 19.9 Å². The summed E-state index contributed by atoms with van der Waals surface area (Å²) < 4.78 is 0. The van der Waals surface area contributed by atoms with Gasteiger partial charge in [0.1, 0.15) is 17.8 Å². The number of hydrogen-bond acceptors (Lipinski definition) is 4. The molecule has 3 aromatic rings. The van der Waals surface area contributed by atoms with Gasteiger partial charge in [0.25, 0.3) is 5.91 Å². The molecule has 0 saturated carbocycles. The number of aromatic nitrogens is 2. The number of aryl methyl sites for hydroxylation is 1. The molecule has 132 valence electrons. The molecule has 0 bridgehead atoms. The molecule has 0 unspecified atom stereocenters. The Morgan fingerprint density at radius 1 is 1.04 bits per heavy atom. The van der Waals surface area contributed by atoms with Gasteiger partial charge < -0.3 is 10.2 Å². The van der Waals surface area contributed by atoms with Crippen LogP contribution in [0.3, 0.4) is 0 Å². The van der Waals surface area contributed by atoms with Crippen LogP contribution in [0.4, 0.5) is 11.5 Å². The zero-order chi connectivity index (χ0) is 18.4. The first-order chi connectivity index (χ1) is 12.7. The Labute approximate surface area is 153 Å². The van der Waals surface area contributed by atoms with Gasteiger partial charge in [-0.25, -0.2) is 9.97 Å². The van der Waals surface area contributed by atoms with Gasteiger partial charge in [0.05, 0.1) is 0 Å². The van der Waals surface area contributed by atoms with Crippen molar-refractivity contribution in [3.63, 3.8) is 0 Å². The van der Waals surface area contributed by atoms with Gasteiger partial charge in [-0.2, -0.15) is 0 Å². The third-order valence-corrected chi connectivity index (χ3v) is 4.19. The molecule has 1 amide bonds. The maximum absolute atomic E-state index is 12.6. The molecule has 1 heterocycles. The van der Waals surface area contributed by atoms with Crippen LogP contribution in [0.15, 0.2) is 67.0 Å². The largest absolute Gasteiger partial charge is 0.355 e. The van der Waals surface area contributed by atoms with Crippen molar-refractivity contribution in [2.24, 2.45) is 0 Å². The highest BCUT2D eigenvalue weighted by atomic mass is 16.1. The Kier molecular flexibility index (Phi) is 5.59. The zero-order valence-electron chi connectivity index (χ0n) is 15.0. The highest BCUT2D eigenvalue weighted by Crippen LogP contribution is 2.18. The van der Waals surface area contributed by atoms with Crippen molar-refractivity contribution in [2.75, 3.05) is 17.3 Å². The number of nitrogens with zero attached hydrogens (tertiary/aromatic N) is 3. The Bertz CT molecular complexity index is 880. The molecule has 0 aliphatic carbocycles. The third kappa shape index (κ3) is 4.25. The second kappa shape index (κ2) is 8.25. The third-order valence-electron chi connectivity index (χ3n) is 4.19. The first-order valence-electron chi connectivity index (χ1n) is 8.63. The van der Waals surface area contributed by atoms with Crippen molar-refractivity contribution in [3.8, 4) is 0 Å². The van der Waals surface area contributed by atoms with E-state index in [1.165, 1.54) is 11.9 Å². The van der Waals surface area contributed by atoms with Crippen molar-refractivity contribution in [3.05, 3.63) is 83.8 Å². The van der Waals surface area contributed by atoms with E-state index in [-0.39, 0.29) is 5.91 Å². The summed E-state index contributed by atoms with van der Waals surface area (Å²) in [5.41, 5.74) is 3.44. The number of hydrogen-bond donors (Lipinski definition) is 1. The summed E-state index contributed by atoms with van der Waals surface area (Å²) in [6.45, 7) is 2.77. The van der Waals surface area contributed by atoms with Gasteiger partial charge in [-0.15, -0.1) is 0 Å². The number of para-hydroxylation sites is 1. The summed E-state index contributed by atoms with van der Waals surface area (Å²) in [5, 5.41) is 2.95. The molecular weight excluding hydrogens is 324 g/mol. The van der Waals surface area contributed by atoms with Crippen molar-refractivity contribution < 1.29 is 4.79 Å². The molecular formula is C21H22N4O. The van der Waals surface area contributed by atoms with Crippen LogP contribution in [-0.4, -0.2) is 22.9 Å². The van der Waals surface area contributed by atoms with Crippen LogP contribution in [0.2, 0.25) is 0 Å². The van der Waals surface area contributed by atoms with Crippen molar-refractivity contribution in [1.82, 2.24) is 9.97 Å². The topological polar surface area (TPSA) is 58.1 Å². The van der Waals surface area contributed by atoms with Gasteiger partial charge in [0, 0.05) is 25.3 Å². The van der Waals surface area contributed by atoms with E-state index >= 15 is 0 Å². The Morgan fingerprint density at radius 2 is 1.77 bits per heavy atom. The smallest absolute Gasteiger partial charge is 0.274 e. The number of amides is 1. The fourth-order valence-electron chi connectivity index (χ4n) is 2.76. The average Bonchev–Trinajstić information content (AvgIpc) is 2.69. The Hall–Kier alpha value is -3.21. The van der Waals surface area contributed by atoms with E-state index in [9.17, 15) is 4.79 Å². The molecule has 1 N–H and O–H groups in total. The van der Waals surface area contributed by atoms with Gasteiger partial charge >= 0.3 is 0 Å². The van der Waals surface area contributed by atoms with Gasteiger partial charge in [0.15, 0.2) is 0 Å². The van der Waals surface area contributed by atoms with Crippen LogP contribution in [0.5, 0.6) is 0 Å². The van der Waals surface area contributed by atoms with Crippen LogP contribution >= 0.6 is 0 Å². The number of carbonyl (C=O) groups excluding carboxylic acids is 1. The molecule has 1 aromatic heterocycles. The standard InChI is InChI=1S/C21H22N4O/c1-3-17-11-7-8-12-18(17)24-21(26)19-13-20(23-15-22-19)25(2)14-16-9-5-4-6-10-16/h4-13,15H,3,14H2,1-2H3,(H,24,26). The first kappa shape index (κ1) is 17.6. The highest BCUT2D eigenvalue weighted by Gasteiger charge is 2.12. The summed E-state index contributed by atoms with van der Waals surface area (Å²) in [4.78, 5) is 23.0. The van der Waals surface area contributed by atoms with Crippen LogP contribution in [0.25, 0.3) is 0 Å². The normalized spacial score (nSPS) is 10.4. The number of nitrogens with one attached hydrogen (secondary N) is 1. The quantitative estimate of drug-likeness (QED) is 0.735. The summed E-state index contributed by atoms with van der Waals surface area (Å²) in [6.07, 6.45) is 2.28. The molecule has 0 aliphatic rings. The minimum Gasteiger partial charge on any atom is -0.355 e. The van der Waals surface area contributed by atoms with Crippen LogP contribution in [-0.2, 0) is 13.0 Å². The maximum atomic E-state index is 12.6. The number of carbonyl (C=O) groups is 1. The molecule has 5 nitrogen and oxygen atoms in total. The van der Waals surface area contributed by atoms with Gasteiger partial charge in [-0.05, 0) is 23.6 Å². The van der Waals surface area contributed by atoms with Crippen LogP contribution in [0, 0.1) is 0 Å². The minimum absolute atomic E-state index is 0.234. The summed E-state index contributed by atoms with van der Waals surface area (Å²) in [5.74, 6) is 0.473. The second-order valence-corrected chi connectivity index (χ2v) is 6.07. The molecule has 2 aromatic carbocycles. The first-order valence-corrected chi connectivity index (χ1v) is 8.63. The molecule has 3 rings (SSSR count). The second-order valence-electron chi connectivity index (χ2n) is 6.07. The Balaban J connectivity index is 1.75.